The Balaban J connectivity index is 2.08. The van der Waals surface area contributed by atoms with E-state index in [1.807, 2.05) is 30.3 Å². The van der Waals surface area contributed by atoms with Crippen LogP contribution in [-0.2, 0) is 6.42 Å². The largest absolute Gasteiger partial charge is 0.465 e. The average molecular weight is 235 g/mol. The molecule has 17 heavy (non-hydrogen) atoms. The third-order valence-electron chi connectivity index (χ3n) is 3.25. The molecule has 1 heterocycles. The predicted octanol–water partition coefficient (Wildman–Crippen LogP) is 1.73. The van der Waals surface area contributed by atoms with Gasteiger partial charge in [-0.05, 0) is 24.8 Å². The highest BCUT2D eigenvalue weighted by Gasteiger charge is 2.30. The van der Waals surface area contributed by atoms with Gasteiger partial charge in [0.15, 0.2) is 0 Å². The van der Waals surface area contributed by atoms with Gasteiger partial charge < -0.3 is 15.1 Å². The number of amides is 1. The highest BCUT2D eigenvalue weighted by Crippen LogP contribution is 2.21. The van der Waals surface area contributed by atoms with Crippen molar-refractivity contribution in [3.63, 3.8) is 0 Å². The lowest BCUT2D eigenvalue weighted by Crippen LogP contribution is -2.48. The van der Waals surface area contributed by atoms with Crippen LogP contribution in [0.15, 0.2) is 30.3 Å². The minimum absolute atomic E-state index is 0.112. The van der Waals surface area contributed by atoms with Crippen molar-refractivity contribution in [3.05, 3.63) is 35.9 Å². The number of carboxylic acid groups (broad SMARTS) is 1. The van der Waals surface area contributed by atoms with E-state index in [1.54, 1.807) is 0 Å². The van der Waals surface area contributed by atoms with Crippen molar-refractivity contribution < 1.29 is 15.0 Å². The summed E-state index contributed by atoms with van der Waals surface area (Å²) >= 11 is 0. The Morgan fingerprint density at radius 3 is 2.71 bits per heavy atom. The Morgan fingerprint density at radius 1 is 1.35 bits per heavy atom. The molecule has 1 aliphatic rings. The van der Waals surface area contributed by atoms with Crippen LogP contribution in [0.4, 0.5) is 4.79 Å². The number of nitrogens with zero attached hydrogens (tertiary/aromatic N) is 1. The van der Waals surface area contributed by atoms with E-state index < -0.39 is 6.09 Å². The molecule has 0 saturated carbocycles. The topological polar surface area (TPSA) is 60.8 Å². The lowest BCUT2D eigenvalue weighted by atomic mass is 9.94. The highest BCUT2D eigenvalue weighted by molar-refractivity contribution is 5.65. The zero-order valence-electron chi connectivity index (χ0n) is 9.62. The third kappa shape index (κ3) is 2.97. The van der Waals surface area contributed by atoms with E-state index in [2.05, 4.69) is 0 Å². The van der Waals surface area contributed by atoms with E-state index in [0.29, 0.717) is 25.8 Å². The second-order valence-electron chi connectivity index (χ2n) is 4.50. The van der Waals surface area contributed by atoms with Crippen LogP contribution in [0.1, 0.15) is 18.4 Å². The number of carbonyl (C=O) groups is 1. The number of hydrogen-bond donors (Lipinski definition) is 2. The summed E-state index contributed by atoms with van der Waals surface area (Å²) in [6.07, 6.45) is 0.473. The smallest absolute Gasteiger partial charge is 0.407 e. The molecule has 4 heteroatoms. The van der Waals surface area contributed by atoms with Crippen molar-refractivity contribution in [2.24, 2.45) is 0 Å². The van der Waals surface area contributed by atoms with Crippen LogP contribution in [0.3, 0.4) is 0 Å². The van der Waals surface area contributed by atoms with Gasteiger partial charge in [0.2, 0.25) is 0 Å². The molecule has 2 unspecified atom stereocenters. The molecule has 0 spiro atoms. The quantitative estimate of drug-likeness (QED) is 0.820. The molecular formula is C13H17NO3. The SMILES string of the molecule is O=C(O)N1CCC(O)CC1Cc1ccccc1. The van der Waals surface area contributed by atoms with Crippen LogP contribution >= 0.6 is 0 Å². The van der Waals surface area contributed by atoms with Crippen LogP contribution < -0.4 is 0 Å². The molecule has 0 aromatic heterocycles. The standard InChI is InChI=1S/C13H17NO3/c15-12-6-7-14(13(16)17)11(9-12)8-10-4-2-1-3-5-10/h1-5,11-12,15H,6-9H2,(H,16,17). The first kappa shape index (κ1) is 11.9. The van der Waals surface area contributed by atoms with Crippen LogP contribution in [0, 0.1) is 0 Å². The Labute approximate surface area is 100 Å². The van der Waals surface area contributed by atoms with Crippen molar-refractivity contribution >= 4 is 6.09 Å². The van der Waals surface area contributed by atoms with E-state index in [1.165, 1.54) is 4.90 Å². The van der Waals surface area contributed by atoms with Crippen molar-refractivity contribution in [3.8, 4) is 0 Å². The van der Waals surface area contributed by atoms with E-state index in [0.717, 1.165) is 5.56 Å². The number of hydrogen-bond acceptors (Lipinski definition) is 2. The van der Waals surface area contributed by atoms with Crippen molar-refractivity contribution in [2.75, 3.05) is 6.54 Å². The highest BCUT2D eigenvalue weighted by atomic mass is 16.4. The van der Waals surface area contributed by atoms with Gasteiger partial charge in [-0.25, -0.2) is 4.79 Å². The minimum Gasteiger partial charge on any atom is -0.465 e. The van der Waals surface area contributed by atoms with Gasteiger partial charge in [-0.15, -0.1) is 0 Å². The summed E-state index contributed by atoms with van der Waals surface area (Å²) in [5, 5.41) is 18.8. The molecule has 2 N–H and O–H groups in total. The number of aliphatic hydroxyl groups is 1. The van der Waals surface area contributed by atoms with Crippen LogP contribution in [0.2, 0.25) is 0 Å². The summed E-state index contributed by atoms with van der Waals surface area (Å²) in [6.45, 7) is 0.425. The van der Waals surface area contributed by atoms with Gasteiger partial charge in [-0.2, -0.15) is 0 Å². The molecule has 2 rings (SSSR count). The van der Waals surface area contributed by atoms with Crippen molar-refractivity contribution in [1.29, 1.82) is 0 Å². The molecule has 2 atom stereocenters. The second-order valence-corrected chi connectivity index (χ2v) is 4.50. The number of likely N-dealkylation sites (tertiary alicyclic amines) is 1. The van der Waals surface area contributed by atoms with E-state index in [9.17, 15) is 9.90 Å². The molecule has 1 aromatic rings. The lowest BCUT2D eigenvalue weighted by molar-refractivity contribution is 0.0431. The molecule has 1 saturated heterocycles. The number of rotatable bonds is 2. The third-order valence-corrected chi connectivity index (χ3v) is 3.25. The lowest BCUT2D eigenvalue weighted by Gasteiger charge is -2.36. The number of piperidine rings is 1. The van der Waals surface area contributed by atoms with Gasteiger partial charge in [0.1, 0.15) is 0 Å². The van der Waals surface area contributed by atoms with Crippen molar-refractivity contribution in [2.45, 2.75) is 31.4 Å². The van der Waals surface area contributed by atoms with Gasteiger partial charge in [-0.3, -0.25) is 0 Å². The first-order valence-electron chi connectivity index (χ1n) is 5.88. The number of aliphatic hydroxyl groups excluding tert-OH is 1. The first-order valence-corrected chi connectivity index (χ1v) is 5.88. The summed E-state index contributed by atoms with van der Waals surface area (Å²) in [4.78, 5) is 12.6. The maximum absolute atomic E-state index is 11.1. The fourth-order valence-electron chi connectivity index (χ4n) is 2.36. The predicted molar refractivity (Wildman–Crippen MR) is 63.9 cm³/mol. The molecule has 0 aliphatic carbocycles. The van der Waals surface area contributed by atoms with Crippen molar-refractivity contribution in [1.82, 2.24) is 4.90 Å². The molecule has 0 bridgehead atoms. The molecule has 1 aliphatic heterocycles. The monoisotopic (exact) mass is 235 g/mol. The van der Waals surface area contributed by atoms with Gasteiger partial charge in [0.25, 0.3) is 0 Å². The summed E-state index contributed by atoms with van der Waals surface area (Å²) in [5.41, 5.74) is 1.11. The zero-order valence-corrected chi connectivity index (χ0v) is 9.62. The normalized spacial score (nSPS) is 24.6. The van der Waals surface area contributed by atoms with Crippen LogP contribution in [0.5, 0.6) is 0 Å². The first-order chi connectivity index (χ1) is 8.16. The van der Waals surface area contributed by atoms with Gasteiger partial charge in [0, 0.05) is 12.6 Å². The zero-order chi connectivity index (χ0) is 12.3. The van der Waals surface area contributed by atoms with E-state index in [4.69, 9.17) is 5.11 Å². The van der Waals surface area contributed by atoms with Crippen LogP contribution in [-0.4, -0.2) is 39.9 Å². The Bertz CT molecular complexity index is 380. The van der Waals surface area contributed by atoms with E-state index in [-0.39, 0.29) is 12.1 Å². The minimum atomic E-state index is -0.891. The van der Waals surface area contributed by atoms with E-state index >= 15 is 0 Å². The van der Waals surface area contributed by atoms with Gasteiger partial charge in [0.05, 0.1) is 6.10 Å². The Kier molecular flexibility index (Phi) is 3.64. The number of benzene rings is 1. The fourth-order valence-corrected chi connectivity index (χ4v) is 2.36. The maximum atomic E-state index is 11.1. The molecule has 4 nitrogen and oxygen atoms in total. The molecule has 0 radical (unpaired) electrons. The molecule has 1 fully saturated rings. The molecule has 1 aromatic carbocycles. The summed E-state index contributed by atoms with van der Waals surface area (Å²) < 4.78 is 0. The molecule has 1 amide bonds. The molecule has 92 valence electrons. The summed E-state index contributed by atoms with van der Waals surface area (Å²) in [7, 11) is 0. The second kappa shape index (κ2) is 5.19. The average Bonchev–Trinajstić information content (AvgIpc) is 2.30. The maximum Gasteiger partial charge on any atom is 0.407 e. The summed E-state index contributed by atoms with van der Waals surface area (Å²) in [6, 6.07) is 9.69. The fraction of sp³-hybridized carbons (Fsp3) is 0.462. The molecular weight excluding hydrogens is 218 g/mol. The Hall–Kier alpha value is -1.55. The van der Waals surface area contributed by atoms with Gasteiger partial charge in [-0.1, -0.05) is 30.3 Å². The van der Waals surface area contributed by atoms with Crippen LogP contribution in [0.25, 0.3) is 0 Å². The van der Waals surface area contributed by atoms with Gasteiger partial charge >= 0.3 is 6.09 Å². The Morgan fingerprint density at radius 2 is 2.06 bits per heavy atom. The summed E-state index contributed by atoms with van der Waals surface area (Å²) in [5.74, 6) is 0.